The van der Waals surface area contributed by atoms with Crippen LogP contribution in [0.1, 0.15) is 23.5 Å². The number of hydrogen-bond donors (Lipinski definition) is 1. The van der Waals surface area contributed by atoms with E-state index in [9.17, 15) is 15.8 Å². The first-order chi connectivity index (χ1) is 13.4. The highest BCUT2D eigenvalue weighted by Gasteiger charge is 2.79. The predicted molar refractivity (Wildman–Crippen MR) is 104 cm³/mol. The molecular weight excluding hydrogens is 440 g/mol. The Kier molecular flexibility index (Phi) is 4.10. The third-order valence-corrected chi connectivity index (χ3v) is 7.43. The third-order valence-electron chi connectivity index (χ3n) is 5.69. The van der Waals surface area contributed by atoms with Crippen molar-refractivity contribution in [1.82, 2.24) is 0 Å². The summed E-state index contributed by atoms with van der Waals surface area (Å²) < 4.78 is 13.1. The van der Waals surface area contributed by atoms with Gasteiger partial charge in [-0.2, -0.15) is 15.8 Å². The van der Waals surface area contributed by atoms with E-state index in [1.54, 1.807) is 25.1 Å². The van der Waals surface area contributed by atoms with Gasteiger partial charge in [-0.05, 0) is 22.0 Å². The SMILES string of the molecule is CC1C2(c3ccccc3)OC(=N)C1(C#N)C(C#N)(C#N)C(c1cc(Br)cs1)O2. The Morgan fingerprint density at radius 3 is 2.36 bits per heavy atom. The van der Waals surface area contributed by atoms with Crippen LogP contribution in [0.2, 0.25) is 0 Å². The molecule has 0 radical (unpaired) electrons. The molecule has 138 valence electrons. The van der Waals surface area contributed by atoms with Crippen LogP contribution in [0.15, 0.2) is 46.3 Å². The molecule has 2 bridgehead atoms. The van der Waals surface area contributed by atoms with Crippen molar-refractivity contribution in [3.8, 4) is 18.2 Å². The number of thiophene rings is 1. The molecule has 0 aliphatic carbocycles. The Bertz CT molecular complexity index is 1080. The first-order valence-corrected chi connectivity index (χ1v) is 10.1. The first kappa shape index (κ1) is 18.7. The molecule has 1 aromatic heterocycles. The fraction of sp³-hybridized carbons (Fsp3) is 0.300. The lowest BCUT2D eigenvalue weighted by Gasteiger charge is -2.48. The second-order valence-electron chi connectivity index (χ2n) is 6.80. The number of rotatable bonds is 2. The standard InChI is InChI=1S/C20H13BrN4O2S/c1-12-19(11-24)17(25)27-20(12,13-5-3-2-4-6-13)26-16(18(19,9-22)10-23)15-7-14(21)8-28-15/h2-8,12,16,25H,1H3. The van der Waals surface area contributed by atoms with Gasteiger partial charge in [0.2, 0.25) is 17.1 Å². The van der Waals surface area contributed by atoms with Crippen molar-refractivity contribution in [2.45, 2.75) is 18.8 Å². The molecule has 0 amide bonds. The number of fused-ring (bicyclic) bond motifs is 2. The number of nitrogens with one attached hydrogen (secondary N) is 1. The van der Waals surface area contributed by atoms with Gasteiger partial charge in [-0.1, -0.05) is 37.3 Å². The minimum absolute atomic E-state index is 0.410. The highest BCUT2D eigenvalue weighted by molar-refractivity contribution is 9.10. The van der Waals surface area contributed by atoms with E-state index < -0.39 is 34.5 Å². The van der Waals surface area contributed by atoms with Gasteiger partial charge >= 0.3 is 0 Å². The average Bonchev–Trinajstić information content (AvgIpc) is 3.21. The summed E-state index contributed by atoms with van der Waals surface area (Å²) in [5, 5.41) is 40.8. The summed E-state index contributed by atoms with van der Waals surface area (Å²) in [6.45, 7) is 1.70. The summed E-state index contributed by atoms with van der Waals surface area (Å²) in [5.74, 6) is -2.60. The molecule has 28 heavy (non-hydrogen) atoms. The Hall–Kier alpha value is -2.70. The van der Waals surface area contributed by atoms with Gasteiger partial charge in [0.25, 0.3) is 0 Å². The van der Waals surface area contributed by atoms with Crippen molar-refractivity contribution in [2.75, 3.05) is 0 Å². The van der Waals surface area contributed by atoms with Crippen LogP contribution >= 0.6 is 27.3 Å². The Morgan fingerprint density at radius 2 is 1.82 bits per heavy atom. The molecule has 1 aromatic carbocycles. The zero-order valence-corrected chi connectivity index (χ0v) is 17.0. The van der Waals surface area contributed by atoms with Crippen LogP contribution in [-0.4, -0.2) is 5.90 Å². The first-order valence-electron chi connectivity index (χ1n) is 8.41. The lowest BCUT2D eigenvalue weighted by Crippen LogP contribution is -2.57. The molecule has 2 aliphatic heterocycles. The number of hydrogen-bond acceptors (Lipinski definition) is 7. The molecule has 3 heterocycles. The number of nitriles is 3. The topological polar surface area (TPSA) is 114 Å². The molecule has 4 atom stereocenters. The molecule has 2 aromatic rings. The van der Waals surface area contributed by atoms with Crippen molar-refractivity contribution in [1.29, 1.82) is 21.2 Å². The van der Waals surface area contributed by atoms with Crippen LogP contribution in [0.25, 0.3) is 0 Å². The number of benzene rings is 1. The lowest BCUT2D eigenvalue weighted by molar-refractivity contribution is -0.287. The third kappa shape index (κ3) is 1.99. The van der Waals surface area contributed by atoms with E-state index in [0.717, 1.165) is 4.47 Å². The summed E-state index contributed by atoms with van der Waals surface area (Å²) in [7, 11) is 0. The van der Waals surface area contributed by atoms with Crippen LogP contribution < -0.4 is 0 Å². The maximum atomic E-state index is 10.2. The fourth-order valence-electron chi connectivity index (χ4n) is 4.26. The Labute approximate surface area is 174 Å². The van der Waals surface area contributed by atoms with Gasteiger partial charge < -0.3 is 9.47 Å². The monoisotopic (exact) mass is 452 g/mol. The van der Waals surface area contributed by atoms with Crippen molar-refractivity contribution in [3.63, 3.8) is 0 Å². The molecule has 4 rings (SSSR count). The largest absolute Gasteiger partial charge is 0.443 e. The van der Waals surface area contributed by atoms with Crippen molar-refractivity contribution >= 4 is 33.2 Å². The second-order valence-corrected chi connectivity index (χ2v) is 8.66. The predicted octanol–water partition coefficient (Wildman–Crippen LogP) is 4.62. The second kappa shape index (κ2) is 6.15. The molecule has 4 unspecified atom stereocenters. The maximum absolute atomic E-state index is 10.2. The van der Waals surface area contributed by atoms with Crippen LogP contribution in [0.3, 0.4) is 0 Å². The van der Waals surface area contributed by atoms with E-state index in [1.165, 1.54) is 11.3 Å². The Balaban J connectivity index is 2.05. The summed E-state index contributed by atoms with van der Waals surface area (Å²) >= 11 is 4.71. The van der Waals surface area contributed by atoms with Crippen molar-refractivity contribution in [2.24, 2.45) is 16.7 Å². The van der Waals surface area contributed by atoms with Gasteiger partial charge in [0.1, 0.15) is 6.10 Å². The Morgan fingerprint density at radius 1 is 1.14 bits per heavy atom. The summed E-state index contributed by atoms with van der Waals surface area (Å²) in [6, 6.07) is 17.0. The minimum atomic E-state index is -1.93. The van der Waals surface area contributed by atoms with E-state index in [2.05, 4.69) is 22.0 Å². The molecule has 8 heteroatoms. The van der Waals surface area contributed by atoms with E-state index in [-0.39, 0.29) is 0 Å². The number of halogens is 1. The average molecular weight is 453 g/mol. The normalized spacial score (nSPS) is 32.6. The summed E-state index contributed by atoms with van der Waals surface area (Å²) in [4.78, 5) is 0.611. The smallest absolute Gasteiger partial charge is 0.244 e. The van der Waals surface area contributed by atoms with Gasteiger partial charge in [-0.3, -0.25) is 5.41 Å². The zero-order chi connectivity index (χ0) is 20.2. The molecular formula is C20H13BrN4O2S. The molecule has 6 nitrogen and oxygen atoms in total. The molecule has 0 saturated carbocycles. The van der Waals surface area contributed by atoms with E-state index in [4.69, 9.17) is 14.9 Å². The fourth-order valence-corrected chi connectivity index (χ4v) is 5.80. The van der Waals surface area contributed by atoms with Gasteiger partial charge in [0, 0.05) is 20.3 Å². The van der Waals surface area contributed by atoms with Crippen LogP contribution in [0, 0.1) is 56.2 Å². The zero-order valence-electron chi connectivity index (χ0n) is 14.6. The quantitative estimate of drug-likeness (QED) is 0.713. The highest BCUT2D eigenvalue weighted by atomic mass is 79.9. The number of nitrogens with zero attached hydrogens (tertiary/aromatic N) is 3. The van der Waals surface area contributed by atoms with E-state index in [1.807, 2.05) is 35.7 Å². The molecule has 2 saturated heterocycles. The molecule has 1 N–H and O–H groups in total. The molecule has 2 aliphatic rings. The minimum Gasteiger partial charge on any atom is -0.443 e. The molecule has 0 spiro atoms. The van der Waals surface area contributed by atoms with Gasteiger partial charge in [-0.25, -0.2) is 0 Å². The van der Waals surface area contributed by atoms with E-state index in [0.29, 0.717) is 10.4 Å². The van der Waals surface area contributed by atoms with Crippen LogP contribution in [-0.2, 0) is 15.3 Å². The highest BCUT2D eigenvalue weighted by Crippen LogP contribution is 2.69. The van der Waals surface area contributed by atoms with Crippen LogP contribution in [0.5, 0.6) is 0 Å². The van der Waals surface area contributed by atoms with Crippen LogP contribution in [0.4, 0.5) is 0 Å². The van der Waals surface area contributed by atoms with Crippen molar-refractivity contribution < 1.29 is 9.47 Å². The van der Waals surface area contributed by atoms with E-state index >= 15 is 0 Å². The van der Waals surface area contributed by atoms with Gasteiger partial charge in [0.05, 0.1) is 24.1 Å². The lowest BCUT2D eigenvalue weighted by atomic mass is 9.54. The number of ether oxygens (including phenoxy) is 2. The summed E-state index contributed by atoms with van der Waals surface area (Å²) in [6.07, 6.45) is -1.06. The summed E-state index contributed by atoms with van der Waals surface area (Å²) in [5.41, 5.74) is -3.07. The van der Waals surface area contributed by atoms with Gasteiger partial charge in [0.15, 0.2) is 5.41 Å². The maximum Gasteiger partial charge on any atom is 0.244 e. The van der Waals surface area contributed by atoms with Gasteiger partial charge in [-0.15, -0.1) is 11.3 Å². The molecule has 2 fully saturated rings. The van der Waals surface area contributed by atoms with Crippen molar-refractivity contribution in [3.05, 3.63) is 56.7 Å².